The van der Waals surface area contributed by atoms with Crippen LogP contribution in [0.3, 0.4) is 0 Å². The molecule has 0 bridgehead atoms. The number of halogens is 1. The summed E-state index contributed by atoms with van der Waals surface area (Å²) in [5, 5.41) is 4.79. The molecular weight excluding hydrogens is 400 g/mol. The van der Waals surface area contributed by atoms with Gasteiger partial charge in [-0.05, 0) is 37.1 Å². The van der Waals surface area contributed by atoms with Gasteiger partial charge >= 0.3 is 0 Å². The highest BCUT2D eigenvalue weighted by molar-refractivity contribution is 6.30. The van der Waals surface area contributed by atoms with Gasteiger partial charge in [-0.1, -0.05) is 59.2 Å². The zero-order valence-electron chi connectivity index (χ0n) is 17.0. The number of carbonyl (C=O) groups is 1. The second-order valence-electron chi connectivity index (χ2n) is 7.77. The molecular formula is C23H25ClN4O2. The van der Waals surface area contributed by atoms with E-state index in [1.807, 2.05) is 61.6 Å². The molecule has 0 N–H and O–H groups in total. The fraction of sp³-hybridized carbons (Fsp3) is 0.348. The number of piperidine rings is 1. The van der Waals surface area contributed by atoms with Crippen molar-refractivity contribution in [3.8, 4) is 11.4 Å². The van der Waals surface area contributed by atoms with Gasteiger partial charge < -0.3 is 9.42 Å². The molecule has 1 aliphatic rings. The fourth-order valence-corrected chi connectivity index (χ4v) is 3.99. The summed E-state index contributed by atoms with van der Waals surface area (Å²) in [6.45, 7) is 2.77. The van der Waals surface area contributed by atoms with Gasteiger partial charge in [0.25, 0.3) is 0 Å². The van der Waals surface area contributed by atoms with E-state index in [2.05, 4.69) is 15.0 Å². The highest BCUT2D eigenvalue weighted by Gasteiger charge is 2.29. The van der Waals surface area contributed by atoms with Crippen molar-refractivity contribution in [1.82, 2.24) is 19.9 Å². The van der Waals surface area contributed by atoms with Gasteiger partial charge in [-0.25, -0.2) is 0 Å². The van der Waals surface area contributed by atoms with Crippen LogP contribution < -0.4 is 0 Å². The Labute approximate surface area is 181 Å². The van der Waals surface area contributed by atoms with Crippen molar-refractivity contribution < 1.29 is 9.32 Å². The lowest BCUT2D eigenvalue weighted by atomic mass is 9.96. The van der Waals surface area contributed by atoms with E-state index in [-0.39, 0.29) is 11.8 Å². The van der Waals surface area contributed by atoms with Gasteiger partial charge in [0.15, 0.2) is 0 Å². The van der Waals surface area contributed by atoms with E-state index in [4.69, 9.17) is 16.1 Å². The first-order valence-corrected chi connectivity index (χ1v) is 10.6. The summed E-state index contributed by atoms with van der Waals surface area (Å²) in [4.78, 5) is 21.5. The maximum Gasteiger partial charge on any atom is 0.241 e. The summed E-state index contributed by atoms with van der Waals surface area (Å²) in [6.07, 6.45) is 1.88. The van der Waals surface area contributed by atoms with Crippen molar-refractivity contribution >= 4 is 17.5 Å². The van der Waals surface area contributed by atoms with E-state index in [9.17, 15) is 4.79 Å². The maximum atomic E-state index is 13.0. The van der Waals surface area contributed by atoms with Gasteiger partial charge in [0.2, 0.25) is 17.6 Å². The quantitative estimate of drug-likeness (QED) is 0.591. The molecule has 0 radical (unpaired) electrons. The van der Waals surface area contributed by atoms with Crippen LogP contribution in [0.5, 0.6) is 0 Å². The van der Waals surface area contributed by atoms with E-state index < -0.39 is 0 Å². The fourth-order valence-electron chi connectivity index (χ4n) is 3.87. The Morgan fingerprint density at radius 3 is 2.73 bits per heavy atom. The van der Waals surface area contributed by atoms with Gasteiger partial charge in [-0.2, -0.15) is 4.98 Å². The molecule has 3 aromatic rings. The molecule has 1 atom stereocenters. The summed E-state index contributed by atoms with van der Waals surface area (Å²) in [6, 6.07) is 17.4. The van der Waals surface area contributed by atoms with E-state index >= 15 is 0 Å². The molecule has 2 heterocycles. The van der Waals surface area contributed by atoms with Crippen molar-refractivity contribution in [3.63, 3.8) is 0 Å². The van der Waals surface area contributed by atoms with Crippen LogP contribution in [0.2, 0.25) is 5.02 Å². The molecule has 4 rings (SSSR count). The number of carbonyl (C=O) groups excluding carboxylic acids is 1. The Morgan fingerprint density at radius 2 is 1.97 bits per heavy atom. The molecule has 0 aliphatic carbocycles. The predicted molar refractivity (Wildman–Crippen MR) is 116 cm³/mol. The van der Waals surface area contributed by atoms with Gasteiger partial charge in [0, 0.05) is 30.7 Å². The van der Waals surface area contributed by atoms with Crippen molar-refractivity contribution in [2.75, 3.05) is 20.1 Å². The SMILES string of the molecule is CN(Cc1ccc(Cl)cc1)C(=O)C1CCCN(Cc2nc(-c3ccccc3)no2)C1. The van der Waals surface area contributed by atoms with Crippen LogP contribution in [0.15, 0.2) is 59.1 Å². The molecule has 1 unspecified atom stereocenters. The monoisotopic (exact) mass is 424 g/mol. The maximum absolute atomic E-state index is 13.0. The largest absolute Gasteiger partial charge is 0.341 e. The number of rotatable bonds is 6. The predicted octanol–water partition coefficient (Wildman–Crippen LogP) is 4.26. The van der Waals surface area contributed by atoms with Gasteiger partial charge in [0.1, 0.15) is 0 Å². The number of hydrogen-bond acceptors (Lipinski definition) is 5. The molecule has 1 aromatic heterocycles. The Kier molecular flexibility index (Phi) is 6.45. The lowest BCUT2D eigenvalue weighted by Gasteiger charge is -2.33. The molecule has 6 nitrogen and oxygen atoms in total. The highest BCUT2D eigenvalue weighted by atomic mass is 35.5. The van der Waals surface area contributed by atoms with Crippen molar-refractivity contribution in [2.24, 2.45) is 5.92 Å². The molecule has 1 amide bonds. The summed E-state index contributed by atoms with van der Waals surface area (Å²) < 4.78 is 5.44. The zero-order chi connectivity index (χ0) is 20.9. The zero-order valence-corrected chi connectivity index (χ0v) is 17.8. The average molecular weight is 425 g/mol. The third-order valence-electron chi connectivity index (χ3n) is 5.42. The van der Waals surface area contributed by atoms with E-state index in [0.717, 1.165) is 30.5 Å². The third kappa shape index (κ3) is 5.07. The minimum atomic E-state index is -0.0208. The first-order chi connectivity index (χ1) is 14.6. The second-order valence-corrected chi connectivity index (χ2v) is 8.21. The summed E-state index contributed by atoms with van der Waals surface area (Å²) >= 11 is 5.95. The molecule has 30 heavy (non-hydrogen) atoms. The van der Waals surface area contributed by atoms with Crippen LogP contribution in [-0.2, 0) is 17.9 Å². The van der Waals surface area contributed by atoms with Crippen LogP contribution in [0.4, 0.5) is 0 Å². The second kappa shape index (κ2) is 9.41. The number of benzene rings is 2. The van der Waals surface area contributed by atoms with Crippen LogP contribution in [0.25, 0.3) is 11.4 Å². The van der Waals surface area contributed by atoms with Gasteiger partial charge in [-0.3, -0.25) is 9.69 Å². The van der Waals surface area contributed by atoms with Crippen LogP contribution in [-0.4, -0.2) is 46.0 Å². The van der Waals surface area contributed by atoms with Crippen molar-refractivity contribution in [2.45, 2.75) is 25.9 Å². The molecule has 156 valence electrons. The summed E-state index contributed by atoms with van der Waals surface area (Å²) in [7, 11) is 1.86. The topological polar surface area (TPSA) is 62.5 Å². The van der Waals surface area contributed by atoms with E-state index in [1.165, 1.54) is 0 Å². The molecule has 7 heteroatoms. The first-order valence-electron chi connectivity index (χ1n) is 10.2. The molecule has 1 aliphatic heterocycles. The van der Waals surface area contributed by atoms with Gasteiger partial charge in [-0.15, -0.1) is 0 Å². The first kappa shape index (κ1) is 20.6. The summed E-state index contributed by atoms with van der Waals surface area (Å²) in [5.41, 5.74) is 2.00. The molecule has 1 saturated heterocycles. The Morgan fingerprint density at radius 1 is 1.20 bits per heavy atom. The summed E-state index contributed by atoms with van der Waals surface area (Å²) in [5.74, 6) is 1.33. The van der Waals surface area contributed by atoms with Crippen LogP contribution >= 0.6 is 11.6 Å². The lowest BCUT2D eigenvalue weighted by molar-refractivity contribution is -0.136. The normalized spacial score (nSPS) is 17.1. The van der Waals surface area contributed by atoms with E-state index in [0.29, 0.717) is 36.4 Å². The number of hydrogen-bond donors (Lipinski definition) is 0. The average Bonchev–Trinajstić information content (AvgIpc) is 3.24. The number of amides is 1. The van der Waals surface area contributed by atoms with Crippen molar-refractivity contribution in [1.29, 1.82) is 0 Å². The number of nitrogens with zero attached hydrogens (tertiary/aromatic N) is 4. The minimum Gasteiger partial charge on any atom is -0.341 e. The van der Waals surface area contributed by atoms with Gasteiger partial charge in [0.05, 0.1) is 12.5 Å². The third-order valence-corrected chi connectivity index (χ3v) is 5.67. The standard InChI is InChI=1S/C23H25ClN4O2/c1-27(14-17-9-11-20(24)12-10-17)23(29)19-8-5-13-28(15-19)16-21-25-22(26-30-21)18-6-3-2-4-7-18/h2-4,6-7,9-12,19H,5,8,13-16H2,1H3. The van der Waals surface area contributed by atoms with E-state index in [1.54, 1.807) is 4.90 Å². The van der Waals surface area contributed by atoms with Crippen LogP contribution in [0, 0.1) is 5.92 Å². The number of likely N-dealkylation sites (tertiary alicyclic amines) is 1. The molecule has 2 aromatic carbocycles. The lowest BCUT2D eigenvalue weighted by Crippen LogP contribution is -2.43. The Hall–Kier alpha value is -2.70. The van der Waals surface area contributed by atoms with Crippen LogP contribution in [0.1, 0.15) is 24.3 Å². The highest BCUT2D eigenvalue weighted by Crippen LogP contribution is 2.22. The molecule has 0 saturated carbocycles. The number of aromatic nitrogens is 2. The molecule has 0 spiro atoms. The smallest absolute Gasteiger partial charge is 0.241 e. The minimum absolute atomic E-state index is 0.0208. The van der Waals surface area contributed by atoms with Crippen molar-refractivity contribution in [3.05, 3.63) is 71.1 Å². The Bertz CT molecular complexity index is 974. The Balaban J connectivity index is 1.34. The molecule has 1 fully saturated rings.